The fourth-order valence-corrected chi connectivity index (χ4v) is 2.68. The van der Waals surface area contributed by atoms with Crippen molar-refractivity contribution in [3.8, 4) is 11.3 Å². The Morgan fingerprint density at radius 1 is 1.12 bits per heavy atom. The largest absolute Gasteiger partial charge is 0.416 e. The number of benzene rings is 1. The Morgan fingerprint density at radius 2 is 1.96 bits per heavy atom. The molecule has 26 heavy (non-hydrogen) atoms. The van der Waals surface area contributed by atoms with Gasteiger partial charge in [0.1, 0.15) is 0 Å². The van der Waals surface area contributed by atoms with E-state index in [1.165, 1.54) is 6.07 Å². The third kappa shape index (κ3) is 2.87. The molecule has 0 atom stereocenters. The molecule has 0 aliphatic heterocycles. The molecule has 0 bridgehead atoms. The minimum absolute atomic E-state index is 0.284. The summed E-state index contributed by atoms with van der Waals surface area (Å²) in [4.78, 5) is 8.56. The molecule has 9 heteroatoms. The Kier molecular flexibility index (Phi) is 3.64. The molecule has 0 radical (unpaired) electrons. The Hall–Kier alpha value is -3.36. The fourth-order valence-electron chi connectivity index (χ4n) is 2.68. The molecule has 0 amide bonds. The van der Waals surface area contributed by atoms with E-state index in [2.05, 4.69) is 20.4 Å². The van der Waals surface area contributed by atoms with Crippen molar-refractivity contribution in [2.75, 3.05) is 5.32 Å². The van der Waals surface area contributed by atoms with Gasteiger partial charge in [-0.2, -0.15) is 18.3 Å². The standard InChI is InChI=1S/C17H13F3N6/c1-25-10-11(8-23-25)14-9-22-16-15(21-5-6-26(14)16)24-13-4-2-3-12(7-13)17(18,19)20/h2-10H,1H3,(H,21,24). The summed E-state index contributed by atoms with van der Waals surface area (Å²) in [6.45, 7) is 0. The van der Waals surface area contributed by atoms with Gasteiger partial charge in [0.05, 0.1) is 23.7 Å². The topological polar surface area (TPSA) is 60.0 Å². The van der Waals surface area contributed by atoms with Gasteiger partial charge in [-0.15, -0.1) is 0 Å². The molecule has 4 rings (SSSR count). The van der Waals surface area contributed by atoms with Crippen LogP contribution in [0.4, 0.5) is 24.7 Å². The number of alkyl halides is 3. The van der Waals surface area contributed by atoms with Crippen LogP contribution in [0, 0.1) is 0 Å². The molecule has 0 saturated carbocycles. The zero-order valence-electron chi connectivity index (χ0n) is 13.6. The van der Waals surface area contributed by atoms with E-state index in [9.17, 15) is 13.2 Å². The predicted molar refractivity (Wildman–Crippen MR) is 89.9 cm³/mol. The van der Waals surface area contributed by atoms with Crippen LogP contribution in [0.15, 0.2) is 55.2 Å². The molecule has 0 saturated heterocycles. The molecule has 0 spiro atoms. The monoisotopic (exact) mass is 358 g/mol. The van der Waals surface area contributed by atoms with Gasteiger partial charge in [-0.25, -0.2) is 9.97 Å². The molecule has 1 aromatic carbocycles. The van der Waals surface area contributed by atoms with Gasteiger partial charge in [0.25, 0.3) is 0 Å². The van der Waals surface area contributed by atoms with Crippen LogP contribution in [0.1, 0.15) is 5.56 Å². The highest BCUT2D eigenvalue weighted by Crippen LogP contribution is 2.32. The van der Waals surface area contributed by atoms with Gasteiger partial charge in [0, 0.05) is 36.9 Å². The summed E-state index contributed by atoms with van der Waals surface area (Å²) < 4.78 is 42.1. The van der Waals surface area contributed by atoms with Crippen molar-refractivity contribution < 1.29 is 13.2 Å². The second-order valence-corrected chi connectivity index (χ2v) is 5.72. The van der Waals surface area contributed by atoms with E-state index in [1.54, 1.807) is 39.9 Å². The number of hydrogen-bond donors (Lipinski definition) is 1. The molecule has 132 valence electrons. The number of aromatic nitrogens is 5. The lowest BCUT2D eigenvalue weighted by atomic mass is 10.2. The number of rotatable bonds is 3. The van der Waals surface area contributed by atoms with Gasteiger partial charge in [0.15, 0.2) is 11.5 Å². The maximum Gasteiger partial charge on any atom is 0.416 e. The molecular weight excluding hydrogens is 345 g/mol. The van der Waals surface area contributed by atoms with Crippen LogP contribution in [-0.2, 0) is 13.2 Å². The molecular formula is C17H13F3N6. The Bertz CT molecular complexity index is 1080. The normalized spacial score (nSPS) is 11.8. The summed E-state index contributed by atoms with van der Waals surface area (Å²) in [6, 6.07) is 4.95. The van der Waals surface area contributed by atoms with Gasteiger partial charge in [-0.05, 0) is 18.2 Å². The average Bonchev–Trinajstić information content (AvgIpc) is 3.21. The number of aryl methyl sites for hydroxylation is 1. The summed E-state index contributed by atoms with van der Waals surface area (Å²) in [5.41, 5.74) is 1.74. The van der Waals surface area contributed by atoms with E-state index in [4.69, 9.17) is 0 Å². The van der Waals surface area contributed by atoms with E-state index in [-0.39, 0.29) is 5.69 Å². The minimum Gasteiger partial charge on any atom is -0.337 e. The van der Waals surface area contributed by atoms with Crippen LogP contribution in [0.25, 0.3) is 16.9 Å². The van der Waals surface area contributed by atoms with Crippen LogP contribution < -0.4 is 5.32 Å². The van der Waals surface area contributed by atoms with Gasteiger partial charge < -0.3 is 5.32 Å². The van der Waals surface area contributed by atoms with E-state index in [0.29, 0.717) is 11.5 Å². The number of fused-ring (bicyclic) bond motifs is 1. The van der Waals surface area contributed by atoms with E-state index < -0.39 is 11.7 Å². The molecule has 0 fully saturated rings. The summed E-state index contributed by atoms with van der Waals surface area (Å²) in [7, 11) is 1.81. The van der Waals surface area contributed by atoms with Crippen LogP contribution in [0.3, 0.4) is 0 Å². The van der Waals surface area contributed by atoms with Crippen molar-refractivity contribution in [3.63, 3.8) is 0 Å². The summed E-state index contributed by atoms with van der Waals surface area (Å²) in [5.74, 6) is 0.363. The molecule has 3 aromatic heterocycles. The highest BCUT2D eigenvalue weighted by Gasteiger charge is 2.30. The fraction of sp³-hybridized carbons (Fsp3) is 0.118. The first-order valence-electron chi connectivity index (χ1n) is 7.67. The van der Waals surface area contributed by atoms with Crippen molar-refractivity contribution >= 4 is 17.2 Å². The Balaban J connectivity index is 1.73. The lowest BCUT2D eigenvalue weighted by Crippen LogP contribution is -2.05. The predicted octanol–water partition coefficient (Wildman–Crippen LogP) is 3.89. The third-order valence-corrected chi connectivity index (χ3v) is 3.88. The lowest BCUT2D eigenvalue weighted by molar-refractivity contribution is -0.137. The van der Waals surface area contributed by atoms with Crippen molar-refractivity contribution in [2.45, 2.75) is 6.18 Å². The molecule has 3 heterocycles. The van der Waals surface area contributed by atoms with Gasteiger partial charge in [0.2, 0.25) is 0 Å². The number of hydrogen-bond acceptors (Lipinski definition) is 4. The summed E-state index contributed by atoms with van der Waals surface area (Å²) in [6.07, 6.45) is 4.13. The lowest BCUT2D eigenvalue weighted by Gasteiger charge is -2.10. The molecule has 1 N–H and O–H groups in total. The maximum absolute atomic E-state index is 12.9. The smallest absolute Gasteiger partial charge is 0.337 e. The first-order chi connectivity index (χ1) is 12.4. The molecule has 0 aliphatic carbocycles. The summed E-state index contributed by atoms with van der Waals surface area (Å²) in [5, 5.41) is 7.05. The first kappa shape index (κ1) is 16.1. The van der Waals surface area contributed by atoms with Crippen molar-refractivity contribution in [3.05, 3.63) is 60.8 Å². The van der Waals surface area contributed by atoms with E-state index >= 15 is 0 Å². The zero-order chi connectivity index (χ0) is 18.3. The van der Waals surface area contributed by atoms with E-state index in [1.807, 2.05) is 13.2 Å². The number of nitrogens with one attached hydrogen (secondary N) is 1. The second-order valence-electron chi connectivity index (χ2n) is 5.72. The summed E-state index contributed by atoms with van der Waals surface area (Å²) >= 11 is 0. The number of halogens is 3. The van der Waals surface area contributed by atoms with E-state index in [0.717, 1.165) is 23.4 Å². The maximum atomic E-state index is 12.9. The van der Waals surface area contributed by atoms with Gasteiger partial charge >= 0.3 is 6.18 Å². The van der Waals surface area contributed by atoms with Crippen molar-refractivity contribution in [1.29, 1.82) is 0 Å². The Morgan fingerprint density at radius 3 is 2.69 bits per heavy atom. The van der Waals surface area contributed by atoms with Crippen LogP contribution in [-0.4, -0.2) is 24.1 Å². The van der Waals surface area contributed by atoms with Crippen molar-refractivity contribution in [1.82, 2.24) is 24.1 Å². The minimum atomic E-state index is -4.40. The molecule has 4 aromatic rings. The van der Waals surface area contributed by atoms with Crippen LogP contribution in [0.2, 0.25) is 0 Å². The quantitative estimate of drug-likeness (QED) is 0.604. The number of nitrogens with zero attached hydrogens (tertiary/aromatic N) is 5. The molecule has 6 nitrogen and oxygen atoms in total. The highest BCUT2D eigenvalue weighted by atomic mass is 19.4. The van der Waals surface area contributed by atoms with Gasteiger partial charge in [-0.3, -0.25) is 9.08 Å². The third-order valence-electron chi connectivity index (χ3n) is 3.88. The zero-order valence-corrected chi connectivity index (χ0v) is 13.6. The second kappa shape index (κ2) is 5.87. The molecule has 0 aliphatic rings. The molecule has 0 unspecified atom stereocenters. The SMILES string of the molecule is Cn1cc(-c2cnc3c(Nc4cccc(C(F)(F)F)c4)nccn23)cn1. The van der Waals surface area contributed by atoms with Crippen LogP contribution >= 0.6 is 0 Å². The highest BCUT2D eigenvalue weighted by molar-refractivity contribution is 5.74. The Labute approximate surface area is 145 Å². The average molecular weight is 358 g/mol. The van der Waals surface area contributed by atoms with Crippen LogP contribution in [0.5, 0.6) is 0 Å². The van der Waals surface area contributed by atoms with Gasteiger partial charge in [-0.1, -0.05) is 6.07 Å². The number of imidazole rings is 1. The first-order valence-corrected chi connectivity index (χ1v) is 7.67. The van der Waals surface area contributed by atoms with Crippen molar-refractivity contribution in [2.24, 2.45) is 7.05 Å². The number of anilines is 2.